The van der Waals surface area contributed by atoms with Crippen molar-refractivity contribution in [2.45, 2.75) is 6.92 Å². The minimum Gasteiger partial charge on any atom is -0.867 e. The summed E-state index contributed by atoms with van der Waals surface area (Å²) in [6.07, 6.45) is 1.37. The van der Waals surface area contributed by atoms with E-state index >= 15 is 0 Å². The van der Waals surface area contributed by atoms with Crippen LogP contribution in [0.4, 0.5) is 17.1 Å². The summed E-state index contributed by atoms with van der Waals surface area (Å²) in [5, 5.41) is 25.2. The summed E-state index contributed by atoms with van der Waals surface area (Å²) in [5.74, 6) is -0.561. The van der Waals surface area contributed by atoms with Gasteiger partial charge in [-0.3, -0.25) is 19.9 Å². The number of hydrogen-bond acceptors (Lipinski definition) is 7. The highest BCUT2D eigenvalue weighted by molar-refractivity contribution is 7.12. The molecule has 1 saturated heterocycles. The highest BCUT2D eigenvalue weighted by atomic mass is 32.1. The predicted molar refractivity (Wildman–Crippen MR) is 123 cm³/mol. The number of aliphatic imine (C=N–C) groups is 1. The van der Waals surface area contributed by atoms with E-state index in [1.54, 1.807) is 13.0 Å². The SMILES string of the molecule is Cc1cc(C=Nc2ccc(N3CCN(C(=O)c4cccs4)CC3)cc2)c([O-])c([N+](=O)[O-])c1. The lowest BCUT2D eigenvalue weighted by Crippen LogP contribution is -2.48. The summed E-state index contributed by atoms with van der Waals surface area (Å²) < 4.78 is 0. The van der Waals surface area contributed by atoms with E-state index in [-0.39, 0.29) is 11.5 Å². The zero-order valence-electron chi connectivity index (χ0n) is 17.4. The molecule has 0 atom stereocenters. The maximum atomic E-state index is 12.5. The normalized spacial score (nSPS) is 14.2. The number of aryl methyl sites for hydroxylation is 1. The van der Waals surface area contributed by atoms with Gasteiger partial charge in [0.15, 0.2) is 0 Å². The van der Waals surface area contributed by atoms with Crippen LogP contribution in [0.5, 0.6) is 5.75 Å². The highest BCUT2D eigenvalue weighted by Crippen LogP contribution is 2.28. The van der Waals surface area contributed by atoms with Crippen molar-refractivity contribution < 1.29 is 14.8 Å². The molecule has 2 aromatic carbocycles. The van der Waals surface area contributed by atoms with E-state index in [9.17, 15) is 20.0 Å². The fourth-order valence-corrected chi connectivity index (χ4v) is 4.32. The Morgan fingerprint density at radius 3 is 2.47 bits per heavy atom. The van der Waals surface area contributed by atoms with E-state index in [1.807, 2.05) is 46.7 Å². The minimum absolute atomic E-state index is 0.0819. The average Bonchev–Trinajstić information content (AvgIpc) is 3.34. The molecule has 164 valence electrons. The number of carbonyl (C=O) groups excluding carboxylic acids is 1. The summed E-state index contributed by atoms with van der Waals surface area (Å²) in [6.45, 7) is 4.51. The standard InChI is InChI=1S/C23H22N4O4S/c1-16-13-17(22(28)20(14-16)27(30)31)15-24-18-4-6-19(7-5-18)25-8-10-26(11-9-25)23(29)21-3-2-12-32-21/h2-7,12-15,28H,8-11H2,1H3/p-1. The maximum absolute atomic E-state index is 12.5. The Labute approximate surface area is 189 Å². The molecule has 0 aliphatic carbocycles. The first-order chi connectivity index (χ1) is 15.4. The van der Waals surface area contributed by atoms with Gasteiger partial charge in [-0.2, -0.15) is 0 Å². The summed E-state index contributed by atoms with van der Waals surface area (Å²) in [4.78, 5) is 32.0. The van der Waals surface area contributed by atoms with Crippen LogP contribution in [-0.4, -0.2) is 48.1 Å². The third kappa shape index (κ3) is 4.62. The molecule has 1 amide bonds. The molecule has 1 aliphatic rings. The van der Waals surface area contributed by atoms with Crippen molar-refractivity contribution in [2.75, 3.05) is 31.1 Å². The number of nitro groups is 1. The third-order valence-electron chi connectivity index (χ3n) is 5.31. The molecule has 2 heterocycles. The largest absolute Gasteiger partial charge is 0.867 e. The second-order valence-corrected chi connectivity index (χ2v) is 8.44. The van der Waals surface area contributed by atoms with E-state index in [2.05, 4.69) is 9.89 Å². The molecule has 0 bridgehead atoms. The van der Waals surface area contributed by atoms with Gasteiger partial charge >= 0.3 is 0 Å². The Hall–Kier alpha value is -3.72. The van der Waals surface area contributed by atoms with E-state index in [1.165, 1.54) is 23.6 Å². The molecule has 32 heavy (non-hydrogen) atoms. The molecule has 4 rings (SSSR count). The fraction of sp³-hybridized carbons (Fsp3) is 0.217. The van der Waals surface area contributed by atoms with Crippen LogP contribution in [0.1, 0.15) is 20.8 Å². The van der Waals surface area contributed by atoms with Gasteiger partial charge in [0.1, 0.15) is 0 Å². The summed E-state index contributed by atoms with van der Waals surface area (Å²) >= 11 is 1.46. The molecule has 1 aromatic heterocycles. The van der Waals surface area contributed by atoms with Crippen LogP contribution in [0, 0.1) is 17.0 Å². The van der Waals surface area contributed by atoms with Crippen LogP contribution in [0.2, 0.25) is 0 Å². The molecule has 1 fully saturated rings. The lowest BCUT2D eigenvalue weighted by molar-refractivity contribution is -0.398. The van der Waals surface area contributed by atoms with E-state index in [4.69, 9.17) is 0 Å². The van der Waals surface area contributed by atoms with Crippen LogP contribution < -0.4 is 10.0 Å². The molecule has 8 nitrogen and oxygen atoms in total. The number of amides is 1. The molecule has 3 aromatic rings. The molecule has 0 N–H and O–H groups in total. The van der Waals surface area contributed by atoms with Gasteiger partial charge in [-0.15, -0.1) is 11.3 Å². The number of benzene rings is 2. The van der Waals surface area contributed by atoms with E-state index in [0.717, 1.165) is 23.7 Å². The Bertz CT molecular complexity index is 1150. The van der Waals surface area contributed by atoms with Gasteiger partial charge in [-0.05, 0) is 59.5 Å². The molecular formula is C23H21N4O4S-. The van der Waals surface area contributed by atoms with Crippen molar-refractivity contribution in [1.29, 1.82) is 0 Å². The van der Waals surface area contributed by atoms with Gasteiger partial charge in [-0.25, -0.2) is 0 Å². The highest BCUT2D eigenvalue weighted by Gasteiger charge is 2.22. The summed E-state index contributed by atoms with van der Waals surface area (Å²) in [6, 6.07) is 14.2. The van der Waals surface area contributed by atoms with Gasteiger partial charge in [-0.1, -0.05) is 12.1 Å². The predicted octanol–water partition coefficient (Wildman–Crippen LogP) is 3.75. The Kier molecular flexibility index (Phi) is 6.18. The van der Waals surface area contributed by atoms with E-state index < -0.39 is 16.4 Å². The molecule has 0 unspecified atom stereocenters. The van der Waals surface area contributed by atoms with Crippen LogP contribution in [0.15, 0.2) is 58.9 Å². The van der Waals surface area contributed by atoms with Crippen molar-refractivity contribution in [3.63, 3.8) is 0 Å². The lowest BCUT2D eigenvalue weighted by atomic mass is 10.1. The summed E-state index contributed by atoms with van der Waals surface area (Å²) in [7, 11) is 0. The minimum atomic E-state index is -0.671. The van der Waals surface area contributed by atoms with Gasteiger partial charge in [0.25, 0.3) is 11.6 Å². The van der Waals surface area contributed by atoms with Crippen LogP contribution in [0.3, 0.4) is 0 Å². The maximum Gasteiger partial charge on any atom is 0.264 e. The number of piperazine rings is 1. The van der Waals surface area contributed by atoms with Crippen molar-refractivity contribution in [2.24, 2.45) is 4.99 Å². The number of thiophene rings is 1. The number of anilines is 1. The van der Waals surface area contributed by atoms with Gasteiger partial charge in [0, 0.05) is 44.1 Å². The summed E-state index contributed by atoms with van der Waals surface area (Å²) in [5.41, 5.74) is 2.04. The van der Waals surface area contributed by atoms with Crippen molar-refractivity contribution in [3.8, 4) is 5.75 Å². The number of carbonyl (C=O) groups is 1. The number of hydrogen-bond donors (Lipinski definition) is 0. The Morgan fingerprint density at radius 2 is 1.84 bits per heavy atom. The van der Waals surface area contributed by atoms with Crippen LogP contribution in [-0.2, 0) is 0 Å². The Morgan fingerprint density at radius 1 is 1.12 bits per heavy atom. The topological polar surface area (TPSA) is 102 Å². The smallest absolute Gasteiger partial charge is 0.264 e. The number of nitro benzene ring substituents is 1. The third-order valence-corrected chi connectivity index (χ3v) is 6.16. The molecule has 1 aliphatic heterocycles. The molecule has 0 saturated carbocycles. The monoisotopic (exact) mass is 449 g/mol. The fourth-order valence-electron chi connectivity index (χ4n) is 3.63. The first kappa shape index (κ1) is 21.5. The second-order valence-electron chi connectivity index (χ2n) is 7.49. The van der Waals surface area contributed by atoms with Gasteiger partial charge in [0.2, 0.25) is 0 Å². The first-order valence-electron chi connectivity index (χ1n) is 10.1. The number of nitrogens with zero attached hydrogens (tertiary/aromatic N) is 4. The van der Waals surface area contributed by atoms with Gasteiger partial charge < -0.3 is 14.9 Å². The average molecular weight is 450 g/mol. The zero-order valence-corrected chi connectivity index (χ0v) is 18.2. The zero-order chi connectivity index (χ0) is 22.7. The molecular weight excluding hydrogens is 428 g/mol. The number of rotatable bonds is 5. The Balaban J connectivity index is 1.40. The van der Waals surface area contributed by atoms with Crippen molar-refractivity contribution >= 4 is 40.5 Å². The lowest BCUT2D eigenvalue weighted by Gasteiger charge is -2.36. The van der Waals surface area contributed by atoms with Crippen LogP contribution in [0.25, 0.3) is 0 Å². The van der Waals surface area contributed by atoms with E-state index in [0.29, 0.717) is 24.3 Å². The van der Waals surface area contributed by atoms with Crippen molar-refractivity contribution in [3.05, 3.63) is 80.0 Å². The molecule has 9 heteroatoms. The quantitative estimate of drug-likeness (QED) is 0.335. The molecule has 0 radical (unpaired) electrons. The van der Waals surface area contributed by atoms with Crippen molar-refractivity contribution in [1.82, 2.24) is 4.90 Å². The molecule has 0 spiro atoms. The first-order valence-corrected chi connectivity index (χ1v) is 11.0. The van der Waals surface area contributed by atoms with Crippen LogP contribution >= 0.6 is 11.3 Å². The second kappa shape index (κ2) is 9.19. The van der Waals surface area contributed by atoms with Gasteiger partial charge in [0.05, 0.1) is 15.5 Å².